The molecular weight excluding hydrogens is 323 g/mol. The van der Waals surface area contributed by atoms with Crippen molar-refractivity contribution in [1.82, 2.24) is 5.32 Å². The normalized spacial score (nSPS) is 18.0. The molecule has 1 fully saturated rings. The Labute approximate surface area is 135 Å². The topological polar surface area (TPSA) is 41.5 Å². The van der Waals surface area contributed by atoms with Crippen molar-refractivity contribution < 1.29 is 9.18 Å². The summed E-state index contributed by atoms with van der Waals surface area (Å²) >= 11 is 7.00. The lowest BCUT2D eigenvalue weighted by atomic mass is 10.2. The molecule has 1 aliphatic rings. The van der Waals surface area contributed by atoms with Gasteiger partial charge in [-0.1, -0.05) is 35.9 Å². The highest BCUT2D eigenvalue weighted by atomic mass is 35.5. The summed E-state index contributed by atoms with van der Waals surface area (Å²) in [7, 11) is 0. The van der Waals surface area contributed by atoms with Crippen molar-refractivity contribution in [3.8, 4) is 0 Å². The van der Waals surface area contributed by atoms with Gasteiger partial charge >= 0.3 is 0 Å². The lowest BCUT2D eigenvalue weighted by Crippen LogP contribution is -2.19. The second kappa shape index (κ2) is 6.34. The number of benzene rings is 2. The van der Waals surface area contributed by atoms with Crippen LogP contribution in [0.4, 0.5) is 10.1 Å². The number of halogens is 2. The van der Waals surface area contributed by atoms with E-state index in [9.17, 15) is 9.18 Å². The lowest BCUT2D eigenvalue weighted by Gasteiger charge is -1.97. The third kappa shape index (κ3) is 3.37. The summed E-state index contributed by atoms with van der Waals surface area (Å²) in [6, 6.07) is 13.3. The molecule has 0 radical (unpaired) electrons. The van der Waals surface area contributed by atoms with Gasteiger partial charge in [-0.2, -0.15) is 0 Å². The minimum Gasteiger partial charge on any atom is -0.300 e. The van der Waals surface area contributed by atoms with Crippen molar-refractivity contribution in [3.05, 3.63) is 69.8 Å². The first kappa shape index (κ1) is 14.8. The zero-order valence-electron chi connectivity index (χ0n) is 11.2. The van der Waals surface area contributed by atoms with Crippen molar-refractivity contribution in [1.29, 1.82) is 0 Å². The Balaban J connectivity index is 1.84. The molecule has 2 aromatic rings. The first-order chi connectivity index (χ1) is 10.6. The number of hydrogen-bond acceptors (Lipinski definition) is 3. The predicted molar refractivity (Wildman–Crippen MR) is 88.7 cm³/mol. The number of carbonyl (C=O) groups excluding carboxylic acids is 1. The maximum atomic E-state index is 13.6. The van der Waals surface area contributed by atoms with Gasteiger partial charge in [0.15, 0.2) is 5.17 Å². The quantitative estimate of drug-likeness (QED) is 0.830. The van der Waals surface area contributed by atoms with Crippen LogP contribution >= 0.6 is 23.4 Å². The summed E-state index contributed by atoms with van der Waals surface area (Å²) in [6.45, 7) is 0. The van der Waals surface area contributed by atoms with E-state index in [1.807, 2.05) is 12.1 Å². The molecule has 1 heterocycles. The zero-order valence-corrected chi connectivity index (χ0v) is 12.8. The summed E-state index contributed by atoms with van der Waals surface area (Å²) in [5, 5.41) is 3.61. The highest BCUT2D eigenvalue weighted by Gasteiger charge is 2.24. The smallest absolute Gasteiger partial charge is 0.264 e. The summed E-state index contributed by atoms with van der Waals surface area (Å²) in [4.78, 5) is 16.6. The number of thioether (sulfide) groups is 1. The second-order valence-electron chi connectivity index (χ2n) is 4.48. The molecule has 3 rings (SSSR count). The Hall–Kier alpha value is -2.11. The van der Waals surface area contributed by atoms with Crippen LogP contribution in [0.25, 0.3) is 6.08 Å². The standard InChI is InChI=1S/C16H10ClFN2OS/c17-11-7-5-10(6-8-11)9-14-15(21)20-16(22-14)19-13-4-2-1-3-12(13)18/h1-9H,(H,19,20,21). The molecule has 6 heteroatoms. The van der Waals surface area contributed by atoms with Gasteiger partial charge in [0.05, 0.1) is 4.91 Å². The summed E-state index contributed by atoms with van der Waals surface area (Å²) in [5.74, 6) is -0.685. The van der Waals surface area contributed by atoms with Crippen molar-refractivity contribution in [3.63, 3.8) is 0 Å². The van der Waals surface area contributed by atoms with E-state index >= 15 is 0 Å². The van der Waals surface area contributed by atoms with Gasteiger partial charge in [-0.3, -0.25) is 4.79 Å². The summed E-state index contributed by atoms with van der Waals surface area (Å²) in [6.07, 6.45) is 1.74. The average Bonchev–Trinajstić information content (AvgIpc) is 2.84. The number of aliphatic imine (C=N–C) groups is 1. The van der Waals surface area contributed by atoms with E-state index in [0.29, 0.717) is 15.1 Å². The molecule has 0 saturated carbocycles. The molecule has 1 saturated heterocycles. The van der Waals surface area contributed by atoms with E-state index < -0.39 is 5.82 Å². The van der Waals surface area contributed by atoms with Crippen LogP contribution in [0, 0.1) is 5.82 Å². The minimum absolute atomic E-state index is 0.193. The summed E-state index contributed by atoms with van der Waals surface area (Å²) in [5.41, 5.74) is 1.05. The molecule has 3 nitrogen and oxygen atoms in total. The number of nitrogens with zero attached hydrogens (tertiary/aromatic N) is 1. The predicted octanol–water partition coefficient (Wildman–Crippen LogP) is 4.37. The Morgan fingerprint density at radius 3 is 2.59 bits per heavy atom. The maximum absolute atomic E-state index is 13.6. The Morgan fingerprint density at radius 1 is 1.14 bits per heavy atom. The first-order valence-corrected chi connectivity index (χ1v) is 7.61. The fraction of sp³-hybridized carbons (Fsp3) is 0. The van der Waals surface area contributed by atoms with Gasteiger partial charge in [-0.05, 0) is 47.7 Å². The molecule has 0 spiro atoms. The molecule has 2 aromatic carbocycles. The van der Waals surface area contributed by atoms with Gasteiger partial charge in [-0.15, -0.1) is 0 Å². The maximum Gasteiger partial charge on any atom is 0.264 e. The number of amidine groups is 1. The molecule has 1 N–H and O–H groups in total. The number of hydrogen-bond donors (Lipinski definition) is 1. The van der Waals surface area contributed by atoms with Crippen LogP contribution in [-0.2, 0) is 4.79 Å². The van der Waals surface area contributed by atoms with Gasteiger partial charge in [-0.25, -0.2) is 9.38 Å². The van der Waals surface area contributed by atoms with E-state index in [4.69, 9.17) is 11.6 Å². The average molecular weight is 333 g/mol. The highest BCUT2D eigenvalue weighted by Crippen LogP contribution is 2.28. The molecule has 22 heavy (non-hydrogen) atoms. The number of para-hydroxylation sites is 1. The Bertz CT molecular complexity index is 787. The molecule has 110 valence electrons. The third-order valence-electron chi connectivity index (χ3n) is 2.89. The lowest BCUT2D eigenvalue weighted by molar-refractivity contribution is -0.115. The zero-order chi connectivity index (χ0) is 15.5. The van der Waals surface area contributed by atoms with Crippen molar-refractivity contribution in [2.24, 2.45) is 4.99 Å². The Kier molecular flexibility index (Phi) is 4.27. The van der Waals surface area contributed by atoms with E-state index in [2.05, 4.69) is 10.3 Å². The molecule has 0 atom stereocenters. The second-order valence-corrected chi connectivity index (χ2v) is 5.95. The molecule has 0 unspecified atom stereocenters. The van der Waals surface area contributed by atoms with Crippen LogP contribution in [0.3, 0.4) is 0 Å². The van der Waals surface area contributed by atoms with Crippen molar-refractivity contribution in [2.45, 2.75) is 0 Å². The number of rotatable bonds is 2. The number of carbonyl (C=O) groups is 1. The molecule has 0 bridgehead atoms. The SMILES string of the molecule is O=C1NC(=Nc2ccccc2F)SC1=Cc1ccc(Cl)cc1. The van der Waals surface area contributed by atoms with Crippen LogP contribution in [0.1, 0.15) is 5.56 Å². The first-order valence-electron chi connectivity index (χ1n) is 6.41. The van der Waals surface area contributed by atoms with E-state index in [-0.39, 0.29) is 11.6 Å². The molecule has 1 amide bonds. The van der Waals surface area contributed by atoms with E-state index in [1.54, 1.807) is 36.4 Å². The highest BCUT2D eigenvalue weighted by molar-refractivity contribution is 8.18. The third-order valence-corrected chi connectivity index (χ3v) is 4.05. The molecule has 1 aliphatic heterocycles. The van der Waals surface area contributed by atoms with Gasteiger partial charge < -0.3 is 5.32 Å². The molecule has 0 aliphatic carbocycles. The van der Waals surface area contributed by atoms with Crippen LogP contribution in [0.5, 0.6) is 0 Å². The minimum atomic E-state index is -0.431. The summed E-state index contributed by atoms with van der Waals surface area (Å²) < 4.78 is 13.6. The van der Waals surface area contributed by atoms with Crippen LogP contribution in [-0.4, -0.2) is 11.1 Å². The monoisotopic (exact) mass is 332 g/mol. The van der Waals surface area contributed by atoms with E-state index in [1.165, 1.54) is 17.8 Å². The van der Waals surface area contributed by atoms with Crippen LogP contribution < -0.4 is 5.32 Å². The number of nitrogens with one attached hydrogen (secondary N) is 1. The number of amides is 1. The van der Waals surface area contributed by atoms with Crippen molar-refractivity contribution in [2.75, 3.05) is 0 Å². The van der Waals surface area contributed by atoms with Gasteiger partial charge in [0.1, 0.15) is 11.5 Å². The molecular formula is C16H10ClFN2OS. The molecule has 0 aromatic heterocycles. The fourth-order valence-corrected chi connectivity index (χ4v) is 2.80. The van der Waals surface area contributed by atoms with Crippen LogP contribution in [0.15, 0.2) is 58.4 Å². The van der Waals surface area contributed by atoms with E-state index in [0.717, 1.165) is 5.56 Å². The van der Waals surface area contributed by atoms with Gasteiger partial charge in [0.2, 0.25) is 0 Å². The Morgan fingerprint density at radius 2 is 1.86 bits per heavy atom. The van der Waals surface area contributed by atoms with Crippen LogP contribution in [0.2, 0.25) is 5.02 Å². The fourth-order valence-electron chi connectivity index (χ4n) is 1.84. The largest absolute Gasteiger partial charge is 0.300 e. The van der Waals surface area contributed by atoms with Crippen molar-refractivity contribution >= 4 is 46.2 Å². The van der Waals surface area contributed by atoms with Gasteiger partial charge in [0, 0.05) is 5.02 Å². The van der Waals surface area contributed by atoms with Gasteiger partial charge in [0.25, 0.3) is 5.91 Å².